The third-order valence-corrected chi connectivity index (χ3v) is 4.74. The van der Waals surface area contributed by atoms with Crippen molar-refractivity contribution < 1.29 is 19.1 Å². The van der Waals surface area contributed by atoms with Crippen LogP contribution in [0.15, 0.2) is 29.2 Å². The summed E-state index contributed by atoms with van der Waals surface area (Å²) in [6.07, 6.45) is 2.19. The fraction of sp³-hybridized carbons (Fsp3) is 0.312. The zero-order valence-electron chi connectivity index (χ0n) is 13.1. The van der Waals surface area contributed by atoms with Crippen LogP contribution in [0.4, 0.5) is 0 Å². The molecule has 23 heavy (non-hydrogen) atoms. The number of carbonyl (C=O) groups is 2. The van der Waals surface area contributed by atoms with Crippen molar-refractivity contribution in [2.75, 3.05) is 14.2 Å². The number of thiocarbonyl (C=S) groups is 1. The molecule has 0 aromatic heterocycles. The Bertz CT molecular complexity index is 655. The highest BCUT2D eigenvalue weighted by Crippen LogP contribution is 2.35. The van der Waals surface area contributed by atoms with E-state index in [2.05, 4.69) is 0 Å². The van der Waals surface area contributed by atoms with Crippen LogP contribution in [0.1, 0.15) is 18.9 Å². The SMILES string of the molecule is CC[C@@H](C(=O)OC)N1C(=O)/C(=C/c2ccc(OC)cc2)SC1=S. The molecular weight excluding hydrogens is 334 g/mol. The van der Waals surface area contributed by atoms with Crippen LogP contribution in [-0.4, -0.2) is 41.4 Å². The first-order chi connectivity index (χ1) is 11.0. The number of methoxy groups -OCH3 is 2. The predicted octanol–water partition coefficient (Wildman–Crippen LogP) is 2.85. The fourth-order valence-corrected chi connectivity index (χ4v) is 3.55. The van der Waals surface area contributed by atoms with Crippen molar-refractivity contribution in [3.8, 4) is 5.75 Å². The lowest BCUT2D eigenvalue weighted by atomic mass is 10.1. The molecule has 7 heteroatoms. The zero-order valence-corrected chi connectivity index (χ0v) is 14.7. The Labute approximate surface area is 144 Å². The molecule has 5 nitrogen and oxygen atoms in total. The summed E-state index contributed by atoms with van der Waals surface area (Å²) in [4.78, 5) is 26.2. The molecule has 1 amide bonds. The summed E-state index contributed by atoms with van der Waals surface area (Å²) in [6, 6.07) is 6.65. The molecule has 1 fully saturated rings. The largest absolute Gasteiger partial charge is 0.497 e. The number of nitrogens with zero attached hydrogens (tertiary/aromatic N) is 1. The van der Waals surface area contributed by atoms with Gasteiger partial charge in [0.05, 0.1) is 19.1 Å². The normalized spacial score (nSPS) is 17.5. The van der Waals surface area contributed by atoms with Crippen LogP contribution in [-0.2, 0) is 14.3 Å². The van der Waals surface area contributed by atoms with Gasteiger partial charge in [0.15, 0.2) is 0 Å². The smallest absolute Gasteiger partial charge is 0.329 e. The number of hydrogen-bond donors (Lipinski definition) is 0. The molecule has 1 atom stereocenters. The van der Waals surface area contributed by atoms with Crippen molar-refractivity contribution >= 4 is 46.3 Å². The second-order valence-electron chi connectivity index (χ2n) is 4.77. The van der Waals surface area contributed by atoms with Gasteiger partial charge >= 0.3 is 5.97 Å². The van der Waals surface area contributed by atoms with Gasteiger partial charge in [0, 0.05) is 0 Å². The maximum atomic E-state index is 12.6. The van der Waals surface area contributed by atoms with E-state index in [0.29, 0.717) is 15.6 Å². The van der Waals surface area contributed by atoms with Crippen molar-refractivity contribution in [3.05, 3.63) is 34.7 Å². The van der Waals surface area contributed by atoms with Crippen molar-refractivity contribution in [3.63, 3.8) is 0 Å². The van der Waals surface area contributed by atoms with Gasteiger partial charge in [-0.15, -0.1) is 0 Å². The molecule has 1 aromatic rings. The van der Waals surface area contributed by atoms with Crippen LogP contribution in [0.5, 0.6) is 5.75 Å². The number of benzene rings is 1. The number of rotatable bonds is 5. The molecule has 1 heterocycles. The second kappa shape index (κ2) is 7.61. The van der Waals surface area contributed by atoms with E-state index in [9.17, 15) is 9.59 Å². The Morgan fingerprint density at radius 2 is 2.00 bits per heavy atom. The number of thioether (sulfide) groups is 1. The average Bonchev–Trinajstić information content (AvgIpc) is 2.83. The molecular formula is C16H17NO4S2. The van der Waals surface area contributed by atoms with Crippen LogP contribution in [0.3, 0.4) is 0 Å². The summed E-state index contributed by atoms with van der Waals surface area (Å²) in [7, 11) is 2.90. The Morgan fingerprint density at radius 1 is 1.35 bits per heavy atom. The Kier molecular flexibility index (Phi) is 5.79. The molecule has 1 aliphatic rings. The number of ether oxygens (including phenoxy) is 2. The van der Waals surface area contributed by atoms with E-state index in [1.165, 1.54) is 23.8 Å². The number of esters is 1. The van der Waals surface area contributed by atoms with Crippen LogP contribution in [0.2, 0.25) is 0 Å². The summed E-state index contributed by atoms with van der Waals surface area (Å²) in [5, 5.41) is 0. The summed E-state index contributed by atoms with van der Waals surface area (Å²) < 4.78 is 10.2. The first-order valence-electron chi connectivity index (χ1n) is 7.00. The number of hydrogen-bond acceptors (Lipinski definition) is 6. The molecule has 0 saturated carbocycles. The van der Waals surface area contributed by atoms with Crippen LogP contribution < -0.4 is 4.74 Å². The summed E-state index contributed by atoms with van der Waals surface area (Å²) in [5.74, 6) is 0.00834. The van der Waals surface area contributed by atoms with E-state index in [1.807, 2.05) is 31.2 Å². The Morgan fingerprint density at radius 3 is 2.52 bits per heavy atom. The number of amides is 1. The van der Waals surface area contributed by atoms with E-state index >= 15 is 0 Å². The van der Waals surface area contributed by atoms with Gasteiger partial charge in [-0.05, 0) is 30.2 Å². The lowest BCUT2D eigenvalue weighted by molar-refractivity contribution is -0.148. The van der Waals surface area contributed by atoms with E-state index in [0.717, 1.165) is 11.3 Å². The maximum Gasteiger partial charge on any atom is 0.329 e. The molecule has 0 N–H and O–H groups in total. The fourth-order valence-electron chi connectivity index (χ4n) is 2.19. The monoisotopic (exact) mass is 351 g/mol. The molecule has 1 saturated heterocycles. The minimum absolute atomic E-state index is 0.270. The number of carbonyl (C=O) groups excluding carboxylic acids is 2. The second-order valence-corrected chi connectivity index (χ2v) is 6.45. The van der Waals surface area contributed by atoms with Gasteiger partial charge in [0.1, 0.15) is 16.1 Å². The third-order valence-electron chi connectivity index (χ3n) is 3.41. The molecule has 1 aliphatic heterocycles. The van der Waals surface area contributed by atoms with Gasteiger partial charge in [-0.1, -0.05) is 43.0 Å². The van der Waals surface area contributed by atoms with E-state index in [1.54, 1.807) is 13.2 Å². The van der Waals surface area contributed by atoms with Crippen molar-refractivity contribution in [2.24, 2.45) is 0 Å². The van der Waals surface area contributed by atoms with Crippen LogP contribution in [0.25, 0.3) is 6.08 Å². The lowest BCUT2D eigenvalue weighted by Gasteiger charge is -2.23. The minimum Gasteiger partial charge on any atom is -0.497 e. The first-order valence-corrected chi connectivity index (χ1v) is 8.23. The molecule has 122 valence electrons. The maximum absolute atomic E-state index is 12.6. The van der Waals surface area contributed by atoms with Crippen molar-refractivity contribution in [1.29, 1.82) is 0 Å². The first kappa shape index (κ1) is 17.5. The molecule has 1 aromatic carbocycles. The van der Waals surface area contributed by atoms with Gasteiger partial charge < -0.3 is 9.47 Å². The van der Waals surface area contributed by atoms with E-state index in [-0.39, 0.29) is 5.91 Å². The average molecular weight is 351 g/mol. The van der Waals surface area contributed by atoms with Gasteiger partial charge in [-0.25, -0.2) is 4.79 Å². The van der Waals surface area contributed by atoms with Crippen molar-refractivity contribution in [2.45, 2.75) is 19.4 Å². The van der Waals surface area contributed by atoms with E-state index in [4.69, 9.17) is 21.7 Å². The topological polar surface area (TPSA) is 55.8 Å². The van der Waals surface area contributed by atoms with Gasteiger partial charge in [-0.2, -0.15) is 0 Å². The molecule has 0 spiro atoms. The predicted molar refractivity (Wildman–Crippen MR) is 94.1 cm³/mol. The van der Waals surface area contributed by atoms with Gasteiger partial charge in [0.2, 0.25) is 0 Å². The van der Waals surface area contributed by atoms with Crippen LogP contribution in [0, 0.1) is 0 Å². The summed E-state index contributed by atoms with van der Waals surface area (Å²) in [6.45, 7) is 1.81. The third kappa shape index (κ3) is 3.73. The standard InChI is InChI=1S/C16H17NO4S2/c1-4-12(15(19)21-3)17-14(18)13(23-16(17)22)9-10-5-7-11(20-2)8-6-10/h5-9,12H,4H2,1-3H3/b13-9-/t12-/m0/s1. The zero-order chi connectivity index (χ0) is 17.0. The Hall–Kier alpha value is -1.86. The summed E-state index contributed by atoms with van der Waals surface area (Å²) >= 11 is 6.45. The molecule has 0 radical (unpaired) electrons. The van der Waals surface area contributed by atoms with Crippen molar-refractivity contribution in [1.82, 2.24) is 4.90 Å². The molecule has 0 unspecified atom stereocenters. The molecule has 0 aliphatic carbocycles. The highest BCUT2D eigenvalue weighted by Gasteiger charge is 2.40. The molecule has 0 bridgehead atoms. The lowest BCUT2D eigenvalue weighted by Crippen LogP contribution is -2.44. The quantitative estimate of drug-likeness (QED) is 0.462. The minimum atomic E-state index is -0.686. The molecule has 2 rings (SSSR count). The van der Waals surface area contributed by atoms with Gasteiger partial charge in [0.25, 0.3) is 5.91 Å². The van der Waals surface area contributed by atoms with Gasteiger partial charge in [-0.3, -0.25) is 9.69 Å². The Balaban J connectivity index is 2.26. The summed E-state index contributed by atoms with van der Waals surface area (Å²) in [5.41, 5.74) is 0.859. The highest BCUT2D eigenvalue weighted by atomic mass is 32.2. The van der Waals surface area contributed by atoms with Crippen LogP contribution >= 0.6 is 24.0 Å². The highest BCUT2D eigenvalue weighted by molar-refractivity contribution is 8.26. The van der Waals surface area contributed by atoms with E-state index < -0.39 is 12.0 Å².